The largest absolute Gasteiger partial charge is 0.417 e. The van der Waals surface area contributed by atoms with E-state index in [9.17, 15) is 31.1 Å². The molecule has 0 aliphatic carbocycles. The number of hydrazine groups is 1. The van der Waals surface area contributed by atoms with Crippen LogP contribution in [0.5, 0.6) is 0 Å². The van der Waals surface area contributed by atoms with Crippen molar-refractivity contribution in [3.63, 3.8) is 0 Å². The Balaban J connectivity index is 2.00. The van der Waals surface area contributed by atoms with Crippen molar-refractivity contribution < 1.29 is 35.5 Å². The number of allylic oxidation sites excluding steroid dienone is 1. The van der Waals surface area contributed by atoms with Gasteiger partial charge in [-0.2, -0.15) is 26.3 Å². The molecule has 0 aliphatic heterocycles. The van der Waals surface area contributed by atoms with Gasteiger partial charge in [0.25, 0.3) is 5.91 Å². The Morgan fingerprint density at radius 2 is 1.38 bits per heavy atom. The molecule has 0 spiro atoms. The van der Waals surface area contributed by atoms with E-state index < -0.39 is 52.3 Å². The zero-order valence-corrected chi connectivity index (χ0v) is 22.5. The number of rotatable bonds is 6. The molecule has 3 aromatic carbocycles. The predicted octanol–water partition coefficient (Wildman–Crippen LogP) is 10.4. The fourth-order valence-corrected chi connectivity index (χ4v) is 4.41. The first kappa shape index (κ1) is 31.2. The topological polar surface area (TPSA) is 41.1 Å². The molecule has 0 radical (unpaired) electrons. The number of hydrogen-bond acceptors (Lipinski definition) is 2. The second-order valence-corrected chi connectivity index (χ2v) is 9.77. The lowest BCUT2D eigenvalue weighted by Gasteiger charge is -2.19. The molecule has 0 saturated heterocycles. The zero-order valence-electron chi connectivity index (χ0n) is 18.7. The van der Waals surface area contributed by atoms with Gasteiger partial charge in [-0.1, -0.05) is 70.1 Å². The second-order valence-electron chi connectivity index (χ2n) is 7.77. The number of carbonyl (C=O) groups excluding carboxylic acids is 1. The maximum atomic E-state index is 15.0. The van der Waals surface area contributed by atoms with Crippen molar-refractivity contribution in [2.75, 3.05) is 5.43 Å². The predicted molar refractivity (Wildman–Crippen MR) is 138 cm³/mol. The van der Waals surface area contributed by atoms with Gasteiger partial charge in [0.2, 0.25) is 0 Å². The fourth-order valence-electron chi connectivity index (χ4n) is 3.31. The molecule has 3 rings (SSSR count). The Labute approximate surface area is 241 Å². The van der Waals surface area contributed by atoms with Gasteiger partial charge in [-0.25, -0.2) is 4.39 Å². The third-order valence-electron chi connectivity index (χ3n) is 5.14. The van der Waals surface area contributed by atoms with Crippen LogP contribution in [0.15, 0.2) is 54.6 Å². The molecule has 0 heterocycles. The van der Waals surface area contributed by atoms with Crippen LogP contribution < -0.4 is 10.9 Å². The summed E-state index contributed by atoms with van der Waals surface area (Å²) in [7, 11) is 0. The SMILES string of the molecule is O=C(NNc1c(Cl)cccc1Cl)c1ccc(C(F)=CC(c2cc(Cl)c(Cl)c(Cl)c2)C(F)(F)F)cc1C(F)(F)F. The van der Waals surface area contributed by atoms with Gasteiger partial charge in [-0.15, -0.1) is 0 Å². The van der Waals surface area contributed by atoms with E-state index in [1.807, 2.05) is 5.43 Å². The standard InChI is InChI=1S/C24H12Cl5F7N2O/c25-15-2-1-3-16(26)21(15)37-38-22(39)12-5-4-10(6-14(12)24(34,35)36)19(30)9-13(23(31,32)33)11-7-17(27)20(29)18(28)8-11/h1-9,13,37H,(H,38,39). The minimum Gasteiger partial charge on any atom is -0.295 e. The quantitative estimate of drug-likeness (QED) is 0.158. The molecule has 0 fully saturated rings. The summed E-state index contributed by atoms with van der Waals surface area (Å²) in [4.78, 5) is 12.5. The van der Waals surface area contributed by atoms with Gasteiger partial charge in [0.05, 0.1) is 41.9 Å². The number of anilines is 1. The first-order valence-corrected chi connectivity index (χ1v) is 12.2. The van der Waals surface area contributed by atoms with Crippen molar-refractivity contribution in [3.8, 4) is 0 Å². The molecular weight excluding hydrogens is 643 g/mol. The van der Waals surface area contributed by atoms with Gasteiger partial charge in [-0.05, 0) is 48.0 Å². The molecule has 3 nitrogen and oxygen atoms in total. The first-order valence-electron chi connectivity index (χ1n) is 10.3. The number of halogens is 12. The van der Waals surface area contributed by atoms with E-state index in [4.69, 9.17) is 58.0 Å². The summed E-state index contributed by atoms with van der Waals surface area (Å²) >= 11 is 29.2. The van der Waals surface area contributed by atoms with Crippen LogP contribution in [0.3, 0.4) is 0 Å². The van der Waals surface area contributed by atoms with Gasteiger partial charge < -0.3 is 0 Å². The summed E-state index contributed by atoms with van der Waals surface area (Å²) in [6, 6.07) is 7.43. The molecule has 1 amide bonds. The molecule has 0 bridgehead atoms. The van der Waals surface area contributed by atoms with E-state index in [0.29, 0.717) is 12.1 Å². The fraction of sp³-hybridized carbons (Fsp3) is 0.125. The number of benzene rings is 3. The molecule has 208 valence electrons. The summed E-state index contributed by atoms with van der Waals surface area (Å²) in [6.45, 7) is 0. The van der Waals surface area contributed by atoms with E-state index >= 15 is 4.39 Å². The highest BCUT2D eigenvalue weighted by atomic mass is 35.5. The van der Waals surface area contributed by atoms with Gasteiger partial charge in [0.15, 0.2) is 0 Å². The minimum atomic E-state index is -5.19. The molecule has 0 aliphatic rings. The van der Waals surface area contributed by atoms with Crippen molar-refractivity contribution in [1.82, 2.24) is 5.43 Å². The first-order chi connectivity index (χ1) is 18.0. The molecule has 0 aromatic heterocycles. The summed E-state index contributed by atoms with van der Waals surface area (Å²) < 4.78 is 97.7. The molecule has 0 saturated carbocycles. The lowest BCUT2D eigenvalue weighted by Crippen LogP contribution is -2.31. The average molecular weight is 655 g/mol. The van der Waals surface area contributed by atoms with Crippen LogP contribution >= 0.6 is 58.0 Å². The number of nitrogens with one attached hydrogen (secondary N) is 2. The number of para-hydroxylation sites is 1. The van der Waals surface area contributed by atoms with E-state index in [1.165, 1.54) is 18.2 Å². The van der Waals surface area contributed by atoms with Crippen LogP contribution in [0.4, 0.5) is 36.4 Å². The zero-order chi connectivity index (χ0) is 29.3. The van der Waals surface area contributed by atoms with Crippen molar-refractivity contribution in [3.05, 3.63) is 102 Å². The molecule has 2 N–H and O–H groups in total. The van der Waals surface area contributed by atoms with E-state index in [-0.39, 0.29) is 42.9 Å². The summed E-state index contributed by atoms with van der Waals surface area (Å²) in [6.07, 6.45) is -10.2. The highest BCUT2D eigenvalue weighted by molar-refractivity contribution is 6.48. The van der Waals surface area contributed by atoms with Gasteiger partial charge >= 0.3 is 12.4 Å². The number of alkyl halides is 6. The smallest absolute Gasteiger partial charge is 0.295 e. The third-order valence-corrected chi connectivity index (χ3v) is 6.97. The summed E-state index contributed by atoms with van der Waals surface area (Å²) in [5.74, 6) is -5.61. The Morgan fingerprint density at radius 1 is 0.821 bits per heavy atom. The van der Waals surface area contributed by atoms with Crippen molar-refractivity contribution >= 4 is 75.4 Å². The maximum Gasteiger partial charge on any atom is 0.417 e. The van der Waals surface area contributed by atoms with Crippen LogP contribution in [-0.4, -0.2) is 12.1 Å². The Kier molecular flexibility index (Phi) is 9.60. The van der Waals surface area contributed by atoms with Gasteiger partial charge in [0, 0.05) is 5.56 Å². The molecular formula is C24H12Cl5F7N2O. The van der Waals surface area contributed by atoms with Crippen molar-refractivity contribution in [2.24, 2.45) is 0 Å². The van der Waals surface area contributed by atoms with Crippen molar-refractivity contribution in [1.29, 1.82) is 0 Å². The normalized spacial score (nSPS) is 13.3. The molecule has 1 atom stereocenters. The summed E-state index contributed by atoms with van der Waals surface area (Å²) in [5, 5.41) is -0.831. The van der Waals surface area contributed by atoms with Crippen LogP contribution in [0.25, 0.3) is 5.83 Å². The third kappa shape index (κ3) is 7.43. The van der Waals surface area contributed by atoms with Crippen LogP contribution in [0.1, 0.15) is 33.0 Å². The maximum absolute atomic E-state index is 15.0. The lowest BCUT2D eigenvalue weighted by atomic mass is 9.95. The van der Waals surface area contributed by atoms with Gasteiger partial charge in [-0.3, -0.25) is 15.6 Å². The average Bonchev–Trinajstić information content (AvgIpc) is 2.83. The molecule has 15 heteroatoms. The summed E-state index contributed by atoms with van der Waals surface area (Å²) in [5.41, 5.74) is 0.234. The van der Waals surface area contributed by atoms with Gasteiger partial charge in [0.1, 0.15) is 11.7 Å². The number of hydrogen-bond donors (Lipinski definition) is 2. The number of amides is 1. The Bertz CT molecular complexity index is 1400. The highest BCUT2D eigenvalue weighted by Crippen LogP contribution is 2.43. The molecule has 1 unspecified atom stereocenters. The highest BCUT2D eigenvalue weighted by Gasteiger charge is 2.41. The van der Waals surface area contributed by atoms with Crippen LogP contribution in [0.2, 0.25) is 25.1 Å². The van der Waals surface area contributed by atoms with E-state index in [0.717, 1.165) is 12.1 Å². The van der Waals surface area contributed by atoms with E-state index in [1.54, 1.807) is 0 Å². The Morgan fingerprint density at radius 3 is 1.90 bits per heavy atom. The Hall–Kier alpha value is -2.37. The van der Waals surface area contributed by atoms with Crippen LogP contribution in [0, 0.1) is 0 Å². The monoisotopic (exact) mass is 652 g/mol. The second kappa shape index (κ2) is 12.0. The molecule has 3 aromatic rings. The van der Waals surface area contributed by atoms with Crippen LogP contribution in [-0.2, 0) is 6.18 Å². The lowest BCUT2D eigenvalue weighted by molar-refractivity contribution is -0.140. The van der Waals surface area contributed by atoms with E-state index in [2.05, 4.69) is 5.43 Å². The number of carbonyl (C=O) groups is 1. The minimum absolute atomic E-state index is 0.00561. The molecule has 39 heavy (non-hydrogen) atoms. The van der Waals surface area contributed by atoms with Crippen molar-refractivity contribution in [2.45, 2.75) is 18.3 Å².